The summed E-state index contributed by atoms with van der Waals surface area (Å²) in [7, 11) is 0. The zero-order valence-electron chi connectivity index (χ0n) is 10.2. The zero-order chi connectivity index (χ0) is 11.6. The maximum atomic E-state index is 11.4. The average molecular weight is 205 g/mol. The summed E-state index contributed by atoms with van der Waals surface area (Å²) < 4.78 is 0. The minimum atomic E-state index is 0.112. The lowest BCUT2D eigenvalue weighted by molar-refractivity contribution is 0.101. The fourth-order valence-electron chi connectivity index (χ4n) is 1.37. The van der Waals surface area contributed by atoms with E-state index in [1.807, 2.05) is 12.1 Å². The number of carbonyl (C=O) groups excluding carboxylic acids is 1. The quantitative estimate of drug-likeness (QED) is 0.706. The Morgan fingerprint density at radius 2 is 1.47 bits per heavy atom. The monoisotopic (exact) mass is 205 g/mol. The van der Waals surface area contributed by atoms with Crippen LogP contribution in [0.2, 0.25) is 0 Å². The van der Waals surface area contributed by atoms with Crippen LogP contribution in [0.4, 0.5) is 0 Å². The summed E-state index contributed by atoms with van der Waals surface area (Å²) in [6.45, 7) is 9.98. The topological polar surface area (TPSA) is 30.0 Å². The van der Waals surface area contributed by atoms with E-state index in [2.05, 4.69) is 32.7 Å². The summed E-state index contributed by atoms with van der Waals surface area (Å²) in [5.74, 6) is 0.838. The van der Waals surface area contributed by atoms with Crippen LogP contribution < -0.4 is 0 Å². The molecule has 0 atom stereocenters. The molecule has 0 aliphatic rings. The molecule has 1 rings (SSSR count). The highest BCUT2D eigenvalue weighted by Crippen LogP contribution is 2.19. The molecule has 82 valence electrons. The zero-order valence-corrected chi connectivity index (χ0v) is 10.2. The highest BCUT2D eigenvalue weighted by molar-refractivity contribution is 5.94. The van der Waals surface area contributed by atoms with Crippen LogP contribution in [0.3, 0.4) is 0 Å². The summed E-state index contributed by atoms with van der Waals surface area (Å²) in [5.41, 5.74) is 2.79. The smallest absolute Gasteiger partial charge is 0.159 e. The summed E-state index contributed by atoms with van der Waals surface area (Å²) in [6.07, 6.45) is 0. The molecule has 0 fully saturated rings. The number of ketones is 1. The van der Waals surface area contributed by atoms with Gasteiger partial charge in [0.1, 0.15) is 0 Å². The predicted octanol–water partition coefficient (Wildman–Crippen LogP) is 3.53. The highest BCUT2D eigenvalue weighted by atomic mass is 16.1. The number of hydrogen-bond acceptors (Lipinski definition) is 2. The van der Waals surface area contributed by atoms with Gasteiger partial charge in [-0.1, -0.05) is 27.7 Å². The van der Waals surface area contributed by atoms with E-state index >= 15 is 0 Å². The molecule has 0 radical (unpaired) electrons. The van der Waals surface area contributed by atoms with Crippen molar-refractivity contribution in [2.75, 3.05) is 0 Å². The Kier molecular flexibility index (Phi) is 3.61. The largest absolute Gasteiger partial charge is 0.295 e. The third kappa shape index (κ3) is 2.88. The molecule has 2 heteroatoms. The molecular weight excluding hydrogens is 186 g/mol. The summed E-state index contributed by atoms with van der Waals surface area (Å²) in [5, 5.41) is 0. The summed E-state index contributed by atoms with van der Waals surface area (Å²) >= 11 is 0. The van der Waals surface area contributed by atoms with Gasteiger partial charge in [0.15, 0.2) is 5.78 Å². The molecule has 1 aromatic rings. The van der Waals surface area contributed by atoms with E-state index in [9.17, 15) is 4.79 Å². The van der Waals surface area contributed by atoms with Crippen LogP contribution in [0, 0.1) is 0 Å². The van der Waals surface area contributed by atoms with Crippen molar-refractivity contribution in [3.8, 4) is 0 Å². The van der Waals surface area contributed by atoms with Crippen LogP contribution in [0.5, 0.6) is 0 Å². The number of rotatable bonds is 3. The Morgan fingerprint density at radius 3 is 1.73 bits per heavy atom. The molecule has 0 saturated carbocycles. The molecule has 2 nitrogen and oxygen atoms in total. The first kappa shape index (κ1) is 11.9. The molecule has 0 spiro atoms. The third-order valence-corrected chi connectivity index (χ3v) is 2.45. The van der Waals surface area contributed by atoms with Crippen molar-refractivity contribution < 1.29 is 4.79 Å². The Balaban J connectivity index is 3.26. The van der Waals surface area contributed by atoms with Crippen molar-refractivity contribution in [2.24, 2.45) is 0 Å². The van der Waals surface area contributed by atoms with Crippen molar-refractivity contribution >= 4 is 5.78 Å². The molecule has 0 N–H and O–H groups in total. The van der Waals surface area contributed by atoms with Gasteiger partial charge in [-0.05, 0) is 30.9 Å². The molecule has 15 heavy (non-hydrogen) atoms. The van der Waals surface area contributed by atoms with Crippen molar-refractivity contribution in [1.29, 1.82) is 0 Å². The van der Waals surface area contributed by atoms with Gasteiger partial charge in [0.05, 0.1) is 0 Å². The average Bonchev–Trinajstić information content (AvgIpc) is 2.16. The van der Waals surface area contributed by atoms with Crippen LogP contribution in [0.1, 0.15) is 68.2 Å². The number of nitrogens with zero attached hydrogens (tertiary/aromatic N) is 1. The van der Waals surface area contributed by atoms with E-state index in [1.54, 1.807) is 6.92 Å². The Hall–Kier alpha value is -1.18. The van der Waals surface area contributed by atoms with Crippen molar-refractivity contribution in [2.45, 2.75) is 46.5 Å². The first-order chi connectivity index (χ1) is 6.91. The van der Waals surface area contributed by atoms with Gasteiger partial charge in [-0.3, -0.25) is 9.78 Å². The number of hydrogen-bond donors (Lipinski definition) is 0. The van der Waals surface area contributed by atoms with Crippen LogP contribution in [-0.4, -0.2) is 10.8 Å². The Labute approximate surface area is 91.7 Å². The van der Waals surface area contributed by atoms with Crippen molar-refractivity contribution in [1.82, 2.24) is 4.98 Å². The molecule has 1 aromatic heterocycles. The minimum absolute atomic E-state index is 0.112. The van der Waals surface area contributed by atoms with Crippen LogP contribution in [0.15, 0.2) is 12.1 Å². The van der Waals surface area contributed by atoms with Gasteiger partial charge in [0, 0.05) is 17.0 Å². The number of carbonyl (C=O) groups is 1. The van der Waals surface area contributed by atoms with E-state index in [0.717, 1.165) is 17.0 Å². The van der Waals surface area contributed by atoms with Crippen LogP contribution >= 0.6 is 0 Å². The molecule has 0 aliphatic heterocycles. The van der Waals surface area contributed by atoms with E-state index < -0.39 is 0 Å². The highest BCUT2D eigenvalue weighted by Gasteiger charge is 2.10. The fourth-order valence-corrected chi connectivity index (χ4v) is 1.37. The lowest BCUT2D eigenvalue weighted by Gasteiger charge is -2.11. The van der Waals surface area contributed by atoms with Gasteiger partial charge in [-0.15, -0.1) is 0 Å². The standard InChI is InChI=1S/C13H19NO/c1-8(2)12-6-11(10(5)15)7-13(14-12)9(3)4/h6-9H,1-5H3. The lowest BCUT2D eigenvalue weighted by Crippen LogP contribution is -2.04. The van der Waals surface area contributed by atoms with E-state index in [4.69, 9.17) is 0 Å². The van der Waals surface area contributed by atoms with Crippen LogP contribution in [-0.2, 0) is 0 Å². The van der Waals surface area contributed by atoms with E-state index in [0.29, 0.717) is 11.8 Å². The van der Waals surface area contributed by atoms with Crippen molar-refractivity contribution in [3.63, 3.8) is 0 Å². The molecule has 0 aromatic carbocycles. The molecule has 0 unspecified atom stereocenters. The summed E-state index contributed by atoms with van der Waals surface area (Å²) in [6, 6.07) is 3.80. The molecule has 1 heterocycles. The number of Topliss-reactive ketones (excluding diaryl/α,β-unsaturated/α-hetero) is 1. The predicted molar refractivity (Wildman–Crippen MR) is 62.4 cm³/mol. The second-order valence-corrected chi connectivity index (χ2v) is 4.57. The van der Waals surface area contributed by atoms with E-state index in [-0.39, 0.29) is 5.78 Å². The first-order valence-corrected chi connectivity index (χ1v) is 5.44. The normalized spacial score (nSPS) is 11.1. The number of aromatic nitrogens is 1. The van der Waals surface area contributed by atoms with E-state index in [1.165, 1.54) is 0 Å². The molecule has 0 saturated heterocycles. The molecular formula is C13H19NO. The van der Waals surface area contributed by atoms with Gasteiger partial charge >= 0.3 is 0 Å². The molecule has 0 amide bonds. The Bertz CT molecular complexity index is 341. The summed E-state index contributed by atoms with van der Waals surface area (Å²) in [4.78, 5) is 15.9. The van der Waals surface area contributed by atoms with Gasteiger partial charge in [-0.2, -0.15) is 0 Å². The maximum absolute atomic E-state index is 11.4. The Morgan fingerprint density at radius 1 is 1.07 bits per heavy atom. The van der Waals surface area contributed by atoms with Gasteiger partial charge in [0.2, 0.25) is 0 Å². The number of pyridine rings is 1. The third-order valence-electron chi connectivity index (χ3n) is 2.45. The second-order valence-electron chi connectivity index (χ2n) is 4.57. The fraction of sp³-hybridized carbons (Fsp3) is 0.538. The van der Waals surface area contributed by atoms with Gasteiger partial charge in [-0.25, -0.2) is 0 Å². The maximum Gasteiger partial charge on any atom is 0.159 e. The SMILES string of the molecule is CC(=O)c1cc(C(C)C)nc(C(C)C)c1. The van der Waals surface area contributed by atoms with Gasteiger partial charge < -0.3 is 0 Å². The minimum Gasteiger partial charge on any atom is -0.295 e. The van der Waals surface area contributed by atoms with Crippen molar-refractivity contribution in [3.05, 3.63) is 29.1 Å². The molecule has 0 bridgehead atoms. The van der Waals surface area contributed by atoms with Crippen LogP contribution in [0.25, 0.3) is 0 Å². The van der Waals surface area contributed by atoms with Gasteiger partial charge in [0.25, 0.3) is 0 Å². The molecule has 0 aliphatic carbocycles. The second kappa shape index (κ2) is 4.56. The lowest BCUT2D eigenvalue weighted by atomic mass is 10.0. The first-order valence-electron chi connectivity index (χ1n) is 5.44.